The highest BCUT2D eigenvalue weighted by Gasteiger charge is 2.33. The van der Waals surface area contributed by atoms with E-state index in [-0.39, 0.29) is 11.4 Å². The van der Waals surface area contributed by atoms with Gasteiger partial charge in [-0.15, -0.1) is 0 Å². The summed E-state index contributed by atoms with van der Waals surface area (Å²) < 4.78 is 11.1. The van der Waals surface area contributed by atoms with E-state index >= 15 is 0 Å². The second kappa shape index (κ2) is 7.40. The molecule has 0 radical (unpaired) electrons. The van der Waals surface area contributed by atoms with Crippen molar-refractivity contribution in [3.8, 4) is 5.75 Å². The van der Waals surface area contributed by atoms with Crippen molar-refractivity contribution < 1.29 is 19.4 Å². The summed E-state index contributed by atoms with van der Waals surface area (Å²) in [7, 11) is 1.72. The van der Waals surface area contributed by atoms with Gasteiger partial charge in [0.1, 0.15) is 11.4 Å². The van der Waals surface area contributed by atoms with Crippen LogP contribution in [-0.4, -0.2) is 42.6 Å². The predicted molar refractivity (Wildman–Crippen MR) is 93.5 cm³/mol. The molecule has 0 aromatic heterocycles. The lowest BCUT2D eigenvalue weighted by molar-refractivity contribution is -0.0333. The van der Waals surface area contributed by atoms with Crippen molar-refractivity contribution >= 4 is 11.8 Å². The Balaban J connectivity index is 2.19. The van der Waals surface area contributed by atoms with Gasteiger partial charge in [-0.05, 0) is 70.5 Å². The van der Waals surface area contributed by atoms with E-state index in [9.17, 15) is 9.90 Å². The van der Waals surface area contributed by atoms with Crippen LogP contribution < -0.4 is 10.6 Å². The van der Waals surface area contributed by atoms with E-state index in [1.54, 1.807) is 25.3 Å². The molecule has 0 atom stereocenters. The first-order valence-corrected chi connectivity index (χ1v) is 8.31. The molecular weight excluding hydrogens is 308 g/mol. The molecule has 0 spiro atoms. The molecular formula is C18H28N2O4. The third kappa shape index (κ3) is 5.11. The van der Waals surface area contributed by atoms with E-state index in [2.05, 4.69) is 10.6 Å². The molecule has 1 fully saturated rings. The Morgan fingerprint density at radius 1 is 1.33 bits per heavy atom. The van der Waals surface area contributed by atoms with Crippen LogP contribution in [0.2, 0.25) is 0 Å². The monoisotopic (exact) mass is 336 g/mol. The number of carbonyl (C=O) groups is 1. The van der Waals surface area contributed by atoms with Gasteiger partial charge in [-0.25, -0.2) is 4.79 Å². The number of methoxy groups -OCH3 is 1. The van der Waals surface area contributed by atoms with Crippen LogP contribution in [0, 0.1) is 0 Å². The minimum absolute atomic E-state index is 0.167. The topological polar surface area (TPSA) is 79.8 Å². The van der Waals surface area contributed by atoms with Crippen LogP contribution in [-0.2, 0) is 15.9 Å². The van der Waals surface area contributed by atoms with Crippen LogP contribution in [0.3, 0.4) is 0 Å². The first-order chi connectivity index (χ1) is 11.2. The standard InChI is InChI=1S/C18H28N2O4/c1-17(2,3)24-16(22)20-15-6-5-14(21)11-13(15)12-18(23-4)7-9-19-10-8-18/h5-6,11,19,21H,7-10,12H2,1-4H3,(H,20,22). The summed E-state index contributed by atoms with van der Waals surface area (Å²) in [6.45, 7) is 7.24. The number of phenols is 1. The Morgan fingerprint density at radius 3 is 2.58 bits per heavy atom. The summed E-state index contributed by atoms with van der Waals surface area (Å²) in [4.78, 5) is 12.1. The van der Waals surface area contributed by atoms with E-state index in [0.29, 0.717) is 12.1 Å². The molecule has 134 valence electrons. The molecule has 0 aliphatic carbocycles. The second-order valence-electron chi connectivity index (χ2n) is 7.28. The van der Waals surface area contributed by atoms with Crippen molar-refractivity contribution in [2.75, 3.05) is 25.5 Å². The maximum Gasteiger partial charge on any atom is 0.412 e. The molecule has 24 heavy (non-hydrogen) atoms. The van der Waals surface area contributed by atoms with Gasteiger partial charge in [0.25, 0.3) is 0 Å². The SMILES string of the molecule is COC1(Cc2cc(O)ccc2NC(=O)OC(C)(C)C)CCNCC1. The third-order valence-electron chi connectivity index (χ3n) is 4.18. The quantitative estimate of drug-likeness (QED) is 0.737. The largest absolute Gasteiger partial charge is 0.508 e. The first-order valence-electron chi connectivity index (χ1n) is 8.31. The van der Waals surface area contributed by atoms with Crippen LogP contribution in [0.4, 0.5) is 10.5 Å². The molecule has 2 rings (SSSR count). The lowest BCUT2D eigenvalue weighted by Gasteiger charge is -2.37. The highest BCUT2D eigenvalue weighted by Crippen LogP contribution is 2.32. The number of aromatic hydroxyl groups is 1. The van der Waals surface area contributed by atoms with Crippen LogP contribution in [0.15, 0.2) is 18.2 Å². The maximum atomic E-state index is 12.1. The summed E-state index contributed by atoms with van der Waals surface area (Å²) in [6.07, 6.45) is 1.87. The van der Waals surface area contributed by atoms with Crippen LogP contribution in [0.1, 0.15) is 39.2 Å². The lowest BCUT2D eigenvalue weighted by Crippen LogP contribution is -2.45. The number of hydrogen-bond acceptors (Lipinski definition) is 5. The second-order valence-corrected chi connectivity index (χ2v) is 7.28. The number of amides is 1. The zero-order valence-electron chi connectivity index (χ0n) is 14.9. The number of benzene rings is 1. The van der Waals surface area contributed by atoms with Crippen molar-refractivity contribution in [2.24, 2.45) is 0 Å². The number of anilines is 1. The predicted octanol–water partition coefficient (Wildman–Crippen LogP) is 3.05. The van der Waals surface area contributed by atoms with Crippen molar-refractivity contribution in [1.82, 2.24) is 5.32 Å². The number of ether oxygens (including phenoxy) is 2. The van der Waals surface area contributed by atoms with Gasteiger partial charge >= 0.3 is 6.09 Å². The average Bonchev–Trinajstić information content (AvgIpc) is 2.49. The van der Waals surface area contributed by atoms with Crippen molar-refractivity contribution in [1.29, 1.82) is 0 Å². The molecule has 6 nitrogen and oxygen atoms in total. The van der Waals surface area contributed by atoms with Gasteiger partial charge < -0.3 is 19.9 Å². The Labute approximate surface area is 143 Å². The number of rotatable bonds is 4. The molecule has 0 saturated carbocycles. The van der Waals surface area contributed by atoms with Crippen LogP contribution in [0.25, 0.3) is 0 Å². The van der Waals surface area contributed by atoms with E-state index in [4.69, 9.17) is 9.47 Å². The van der Waals surface area contributed by atoms with Gasteiger partial charge in [-0.1, -0.05) is 0 Å². The number of piperidine rings is 1. The summed E-state index contributed by atoms with van der Waals surface area (Å²) in [5.74, 6) is 0.167. The van der Waals surface area contributed by atoms with Crippen molar-refractivity contribution in [2.45, 2.75) is 51.2 Å². The molecule has 1 heterocycles. The van der Waals surface area contributed by atoms with Crippen molar-refractivity contribution in [3.63, 3.8) is 0 Å². The molecule has 1 aromatic rings. The fourth-order valence-corrected chi connectivity index (χ4v) is 2.94. The van der Waals surface area contributed by atoms with E-state index < -0.39 is 11.7 Å². The molecule has 0 unspecified atom stereocenters. The Hall–Kier alpha value is -1.79. The highest BCUT2D eigenvalue weighted by molar-refractivity contribution is 5.86. The smallest absolute Gasteiger partial charge is 0.412 e. The third-order valence-corrected chi connectivity index (χ3v) is 4.18. The van der Waals surface area contributed by atoms with Gasteiger partial charge in [0.2, 0.25) is 0 Å². The highest BCUT2D eigenvalue weighted by atomic mass is 16.6. The fraction of sp³-hybridized carbons (Fsp3) is 0.611. The minimum atomic E-state index is -0.566. The van der Waals surface area contributed by atoms with Gasteiger partial charge in [0, 0.05) is 19.2 Å². The van der Waals surface area contributed by atoms with Crippen molar-refractivity contribution in [3.05, 3.63) is 23.8 Å². The Kier molecular flexibility index (Phi) is 5.72. The van der Waals surface area contributed by atoms with Crippen LogP contribution in [0.5, 0.6) is 5.75 Å². The number of hydrogen-bond donors (Lipinski definition) is 3. The minimum Gasteiger partial charge on any atom is -0.508 e. The fourth-order valence-electron chi connectivity index (χ4n) is 2.94. The Morgan fingerprint density at radius 2 is 2.00 bits per heavy atom. The maximum absolute atomic E-state index is 12.1. The van der Waals surface area contributed by atoms with Gasteiger partial charge in [-0.2, -0.15) is 0 Å². The summed E-state index contributed by atoms with van der Waals surface area (Å²) >= 11 is 0. The summed E-state index contributed by atoms with van der Waals surface area (Å²) in [5.41, 5.74) is 0.620. The number of phenolic OH excluding ortho intramolecular Hbond substituents is 1. The molecule has 1 aliphatic heterocycles. The zero-order valence-corrected chi connectivity index (χ0v) is 14.9. The number of nitrogens with one attached hydrogen (secondary N) is 2. The zero-order chi connectivity index (χ0) is 17.8. The summed E-state index contributed by atoms with van der Waals surface area (Å²) in [6, 6.07) is 4.92. The van der Waals surface area contributed by atoms with Gasteiger partial charge in [0.05, 0.1) is 5.60 Å². The van der Waals surface area contributed by atoms with E-state index in [0.717, 1.165) is 31.5 Å². The molecule has 0 bridgehead atoms. The van der Waals surface area contributed by atoms with Gasteiger partial charge in [-0.3, -0.25) is 5.32 Å². The first kappa shape index (κ1) is 18.5. The van der Waals surface area contributed by atoms with Crippen LogP contribution >= 0.6 is 0 Å². The van der Waals surface area contributed by atoms with E-state index in [1.165, 1.54) is 0 Å². The molecule has 6 heteroatoms. The molecule has 1 amide bonds. The number of carbonyl (C=O) groups excluding carboxylic acids is 1. The molecule has 1 saturated heterocycles. The lowest BCUT2D eigenvalue weighted by atomic mass is 9.85. The molecule has 3 N–H and O–H groups in total. The molecule has 1 aliphatic rings. The molecule has 1 aromatic carbocycles. The Bertz CT molecular complexity index is 575. The van der Waals surface area contributed by atoms with Gasteiger partial charge in [0.15, 0.2) is 0 Å². The summed E-state index contributed by atoms with van der Waals surface area (Å²) in [5, 5.41) is 16.0. The average molecular weight is 336 g/mol. The van der Waals surface area contributed by atoms with E-state index in [1.807, 2.05) is 20.8 Å². The normalized spacial score (nSPS) is 17.3.